The molecule has 0 radical (unpaired) electrons. The highest BCUT2D eigenvalue weighted by Crippen LogP contribution is 2.17. The van der Waals surface area contributed by atoms with Crippen LogP contribution in [0.25, 0.3) is 11.1 Å². The molecule has 0 unspecified atom stereocenters. The minimum Gasteiger partial charge on any atom is -0.497 e. The van der Waals surface area contributed by atoms with Crippen LogP contribution in [0.5, 0.6) is 5.75 Å². The van der Waals surface area contributed by atoms with Crippen LogP contribution in [0.1, 0.15) is 5.56 Å². The number of aromatic amines is 1. The predicted molar refractivity (Wildman–Crippen MR) is 82.2 cm³/mol. The van der Waals surface area contributed by atoms with Crippen LogP contribution >= 0.6 is 0 Å². The van der Waals surface area contributed by atoms with E-state index in [-0.39, 0.29) is 12.3 Å². The van der Waals surface area contributed by atoms with E-state index >= 15 is 0 Å². The third-order valence-corrected chi connectivity index (χ3v) is 3.20. The van der Waals surface area contributed by atoms with Gasteiger partial charge in [0.05, 0.1) is 19.0 Å². The maximum absolute atomic E-state index is 12.1. The molecule has 0 aliphatic rings. The summed E-state index contributed by atoms with van der Waals surface area (Å²) in [5.74, 6) is 0.0380. The van der Waals surface area contributed by atoms with Crippen molar-refractivity contribution in [2.24, 2.45) is 0 Å². The molecule has 2 N–H and O–H groups in total. The van der Waals surface area contributed by atoms with Gasteiger partial charge in [-0.2, -0.15) is 0 Å². The van der Waals surface area contributed by atoms with Crippen molar-refractivity contribution in [3.63, 3.8) is 0 Å². The number of anilines is 1. The first-order valence-electron chi connectivity index (χ1n) is 6.70. The second-order valence-corrected chi connectivity index (χ2v) is 4.80. The van der Waals surface area contributed by atoms with Crippen molar-refractivity contribution in [2.75, 3.05) is 12.4 Å². The number of rotatable bonds is 4. The Labute approximate surface area is 125 Å². The lowest BCUT2D eigenvalue weighted by molar-refractivity contribution is -0.115. The first-order chi connectivity index (χ1) is 10.6. The molecule has 2 aromatic carbocycles. The topological polar surface area (TPSA) is 84.3 Å². The minimum atomic E-state index is -0.519. The van der Waals surface area contributed by atoms with Crippen LogP contribution in [0.3, 0.4) is 0 Å². The molecule has 0 saturated heterocycles. The monoisotopic (exact) mass is 298 g/mol. The van der Waals surface area contributed by atoms with E-state index < -0.39 is 5.76 Å². The molecule has 6 nitrogen and oxygen atoms in total. The molecule has 0 fully saturated rings. The van der Waals surface area contributed by atoms with Crippen molar-refractivity contribution < 1.29 is 13.9 Å². The average Bonchev–Trinajstić information content (AvgIpc) is 2.86. The molecule has 3 aromatic rings. The first-order valence-corrected chi connectivity index (χ1v) is 6.70. The standard InChI is InChI=1S/C16H14N2O4/c1-21-12-4-2-3-10(7-12)8-15(19)17-11-5-6-14-13(9-11)18-16(20)22-14/h2-7,9H,8H2,1H3,(H,17,19)(H,18,20). The van der Waals surface area contributed by atoms with Gasteiger partial charge < -0.3 is 14.5 Å². The highest BCUT2D eigenvalue weighted by Gasteiger charge is 2.07. The van der Waals surface area contributed by atoms with Gasteiger partial charge in [-0.25, -0.2) is 4.79 Å². The van der Waals surface area contributed by atoms with E-state index in [1.165, 1.54) is 0 Å². The van der Waals surface area contributed by atoms with E-state index in [1.807, 2.05) is 24.3 Å². The maximum atomic E-state index is 12.1. The zero-order valence-electron chi connectivity index (χ0n) is 11.9. The van der Waals surface area contributed by atoms with Crippen molar-refractivity contribution in [2.45, 2.75) is 6.42 Å². The van der Waals surface area contributed by atoms with Crippen LogP contribution in [-0.4, -0.2) is 18.0 Å². The number of methoxy groups -OCH3 is 1. The van der Waals surface area contributed by atoms with Gasteiger partial charge in [0.2, 0.25) is 5.91 Å². The van der Waals surface area contributed by atoms with E-state index in [0.717, 1.165) is 5.56 Å². The highest BCUT2D eigenvalue weighted by atomic mass is 16.5. The molecule has 112 valence electrons. The molecule has 3 rings (SSSR count). The third kappa shape index (κ3) is 3.01. The number of carbonyl (C=O) groups is 1. The third-order valence-electron chi connectivity index (χ3n) is 3.20. The zero-order valence-corrected chi connectivity index (χ0v) is 11.9. The molecule has 1 amide bonds. The normalized spacial score (nSPS) is 10.6. The average molecular weight is 298 g/mol. The van der Waals surface area contributed by atoms with Gasteiger partial charge in [-0.3, -0.25) is 9.78 Å². The molecule has 0 aliphatic heterocycles. The Kier molecular flexibility index (Phi) is 3.65. The summed E-state index contributed by atoms with van der Waals surface area (Å²) in [5, 5.41) is 2.79. The fraction of sp³-hybridized carbons (Fsp3) is 0.125. The molecule has 0 bridgehead atoms. The number of ether oxygens (including phenoxy) is 1. The molecule has 0 saturated carbocycles. The lowest BCUT2D eigenvalue weighted by Crippen LogP contribution is -2.14. The smallest absolute Gasteiger partial charge is 0.417 e. The Bertz CT molecular complexity index is 879. The molecule has 1 heterocycles. The first kappa shape index (κ1) is 13.9. The molecule has 6 heteroatoms. The van der Waals surface area contributed by atoms with Gasteiger partial charge in [-0.15, -0.1) is 0 Å². The summed E-state index contributed by atoms with van der Waals surface area (Å²) in [5.41, 5.74) is 2.45. The van der Waals surface area contributed by atoms with Crippen LogP contribution < -0.4 is 15.8 Å². The molecule has 22 heavy (non-hydrogen) atoms. The molecule has 0 aliphatic carbocycles. The molecule has 1 aromatic heterocycles. The molecule has 0 atom stereocenters. The number of oxazole rings is 1. The van der Waals surface area contributed by atoms with Crippen molar-refractivity contribution in [3.8, 4) is 5.75 Å². The number of benzene rings is 2. The van der Waals surface area contributed by atoms with Gasteiger partial charge in [0, 0.05) is 5.69 Å². The molecular formula is C16H14N2O4. The van der Waals surface area contributed by atoms with E-state index in [0.29, 0.717) is 22.5 Å². The number of hydrogen-bond acceptors (Lipinski definition) is 4. The fourth-order valence-corrected chi connectivity index (χ4v) is 2.20. The van der Waals surface area contributed by atoms with Crippen molar-refractivity contribution in [1.29, 1.82) is 0 Å². The Morgan fingerprint density at radius 3 is 2.95 bits per heavy atom. The Morgan fingerprint density at radius 1 is 1.27 bits per heavy atom. The number of fused-ring (bicyclic) bond motifs is 1. The number of amides is 1. The van der Waals surface area contributed by atoms with Crippen molar-refractivity contribution >= 4 is 22.7 Å². The summed E-state index contributed by atoms with van der Waals surface area (Å²) < 4.78 is 10.0. The van der Waals surface area contributed by atoms with Gasteiger partial charge >= 0.3 is 5.76 Å². The summed E-state index contributed by atoms with van der Waals surface area (Å²) in [4.78, 5) is 25.7. The Balaban J connectivity index is 1.73. The molecule has 0 spiro atoms. The van der Waals surface area contributed by atoms with Crippen LogP contribution in [0.4, 0.5) is 5.69 Å². The summed E-state index contributed by atoms with van der Waals surface area (Å²) >= 11 is 0. The quantitative estimate of drug-likeness (QED) is 0.774. The number of aromatic nitrogens is 1. The molecular weight excluding hydrogens is 284 g/mol. The van der Waals surface area contributed by atoms with Gasteiger partial charge in [-0.05, 0) is 35.9 Å². The number of H-pyrrole nitrogens is 1. The largest absolute Gasteiger partial charge is 0.497 e. The summed E-state index contributed by atoms with van der Waals surface area (Å²) in [7, 11) is 1.58. The second kappa shape index (κ2) is 5.77. The number of carbonyl (C=O) groups excluding carboxylic acids is 1. The van der Waals surface area contributed by atoms with Crippen LogP contribution in [0, 0.1) is 0 Å². The summed E-state index contributed by atoms with van der Waals surface area (Å²) in [6.07, 6.45) is 0.233. The van der Waals surface area contributed by atoms with Gasteiger partial charge in [0.1, 0.15) is 5.75 Å². The fourth-order valence-electron chi connectivity index (χ4n) is 2.20. The van der Waals surface area contributed by atoms with Crippen LogP contribution in [-0.2, 0) is 11.2 Å². The highest BCUT2D eigenvalue weighted by molar-refractivity contribution is 5.94. The van der Waals surface area contributed by atoms with Crippen LogP contribution in [0.15, 0.2) is 51.7 Å². The van der Waals surface area contributed by atoms with Crippen molar-refractivity contribution in [3.05, 3.63) is 58.6 Å². The SMILES string of the molecule is COc1cccc(CC(=O)Nc2ccc3oc(=O)[nH]c3c2)c1. The maximum Gasteiger partial charge on any atom is 0.417 e. The minimum absolute atomic E-state index is 0.154. The van der Waals surface area contributed by atoms with E-state index in [4.69, 9.17) is 9.15 Å². The Hall–Kier alpha value is -3.02. The number of nitrogens with one attached hydrogen (secondary N) is 2. The van der Waals surface area contributed by atoms with Crippen LogP contribution in [0.2, 0.25) is 0 Å². The predicted octanol–water partition coefficient (Wildman–Crippen LogP) is 2.31. The zero-order chi connectivity index (χ0) is 15.5. The lowest BCUT2D eigenvalue weighted by Gasteiger charge is -2.06. The van der Waals surface area contributed by atoms with Crippen molar-refractivity contribution in [1.82, 2.24) is 4.98 Å². The van der Waals surface area contributed by atoms with E-state index in [2.05, 4.69) is 10.3 Å². The van der Waals surface area contributed by atoms with Gasteiger partial charge in [0.15, 0.2) is 5.58 Å². The lowest BCUT2D eigenvalue weighted by atomic mass is 10.1. The number of hydrogen-bond donors (Lipinski definition) is 2. The van der Waals surface area contributed by atoms with E-state index in [1.54, 1.807) is 25.3 Å². The Morgan fingerprint density at radius 2 is 2.14 bits per heavy atom. The van der Waals surface area contributed by atoms with Gasteiger partial charge in [0.25, 0.3) is 0 Å². The summed E-state index contributed by atoms with van der Waals surface area (Å²) in [6.45, 7) is 0. The second-order valence-electron chi connectivity index (χ2n) is 4.80. The van der Waals surface area contributed by atoms with Gasteiger partial charge in [-0.1, -0.05) is 12.1 Å². The van der Waals surface area contributed by atoms with E-state index in [9.17, 15) is 9.59 Å². The summed E-state index contributed by atoms with van der Waals surface area (Å²) in [6, 6.07) is 12.3.